The summed E-state index contributed by atoms with van der Waals surface area (Å²) in [5, 5.41) is 3.64. The lowest BCUT2D eigenvalue weighted by Crippen LogP contribution is -2.36. The molecule has 1 N–H and O–H groups in total. The Balaban J connectivity index is 1.64. The van der Waals surface area contributed by atoms with E-state index in [-0.39, 0.29) is 17.3 Å². The van der Waals surface area contributed by atoms with Gasteiger partial charge in [0.15, 0.2) is 6.10 Å². The van der Waals surface area contributed by atoms with Crippen LogP contribution in [0.15, 0.2) is 64.0 Å². The SMILES string of the molecule is Cc1ccc(S(=O)(=O)N(C)c2ccc(OC(C)C(=O)NCc3c(Cl)cc(Br)cc3Cl)cc2)cc1C. The van der Waals surface area contributed by atoms with Crippen LogP contribution in [0, 0.1) is 13.8 Å². The molecule has 0 radical (unpaired) electrons. The fourth-order valence-electron chi connectivity index (χ4n) is 3.22. The predicted molar refractivity (Wildman–Crippen MR) is 144 cm³/mol. The van der Waals surface area contributed by atoms with E-state index < -0.39 is 16.1 Å². The van der Waals surface area contributed by atoms with Crippen LogP contribution in [0.25, 0.3) is 0 Å². The third kappa shape index (κ3) is 6.50. The quantitative estimate of drug-likeness (QED) is 0.330. The molecule has 0 aromatic heterocycles. The first-order valence-electron chi connectivity index (χ1n) is 10.6. The largest absolute Gasteiger partial charge is 0.481 e. The van der Waals surface area contributed by atoms with Gasteiger partial charge in [-0.25, -0.2) is 8.42 Å². The molecule has 0 saturated carbocycles. The molecule has 35 heavy (non-hydrogen) atoms. The Morgan fingerprint density at radius 3 is 2.20 bits per heavy atom. The summed E-state index contributed by atoms with van der Waals surface area (Å²) in [5.74, 6) is 0.0756. The van der Waals surface area contributed by atoms with E-state index in [0.717, 1.165) is 15.6 Å². The minimum absolute atomic E-state index is 0.150. The molecule has 0 aliphatic heterocycles. The smallest absolute Gasteiger partial charge is 0.264 e. The molecule has 0 aliphatic carbocycles. The average molecular weight is 600 g/mol. The van der Waals surface area contributed by atoms with E-state index in [2.05, 4.69) is 21.2 Å². The second-order valence-corrected chi connectivity index (χ2v) is 11.7. The zero-order chi connectivity index (χ0) is 25.9. The molecule has 186 valence electrons. The van der Waals surface area contributed by atoms with E-state index in [4.69, 9.17) is 27.9 Å². The Kier molecular flexibility index (Phi) is 8.75. The maximum Gasteiger partial charge on any atom is 0.264 e. The van der Waals surface area contributed by atoms with Gasteiger partial charge in [0.05, 0.1) is 10.6 Å². The minimum Gasteiger partial charge on any atom is -0.481 e. The first-order valence-corrected chi connectivity index (χ1v) is 13.6. The van der Waals surface area contributed by atoms with Gasteiger partial charge in [0.2, 0.25) is 0 Å². The highest BCUT2D eigenvalue weighted by atomic mass is 79.9. The van der Waals surface area contributed by atoms with Crippen molar-refractivity contribution in [3.05, 3.63) is 85.8 Å². The Morgan fingerprint density at radius 1 is 1.03 bits per heavy atom. The second-order valence-electron chi connectivity index (χ2n) is 8.04. The molecule has 0 spiro atoms. The molecule has 10 heteroatoms. The number of nitrogens with one attached hydrogen (secondary N) is 1. The molecule has 3 aromatic carbocycles. The zero-order valence-electron chi connectivity index (χ0n) is 19.6. The number of sulfonamides is 1. The third-order valence-corrected chi connectivity index (χ3v) is 8.48. The summed E-state index contributed by atoms with van der Waals surface area (Å²) in [6.07, 6.45) is -0.800. The van der Waals surface area contributed by atoms with E-state index in [1.807, 2.05) is 13.8 Å². The highest BCUT2D eigenvalue weighted by Gasteiger charge is 2.22. The van der Waals surface area contributed by atoms with E-state index in [9.17, 15) is 13.2 Å². The van der Waals surface area contributed by atoms with Crippen molar-refractivity contribution in [1.29, 1.82) is 0 Å². The van der Waals surface area contributed by atoms with Gasteiger partial charge in [-0.15, -0.1) is 0 Å². The van der Waals surface area contributed by atoms with Gasteiger partial charge in [0.25, 0.3) is 15.9 Å². The number of rotatable bonds is 8. The van der Waals surface area contributed by atoms with E-state index in [0.29, 0.717) is 27.0 Å². The maximum atomic E-state index is 13.0. The van der Waals surface area contributed by atoms with Gasteiger partial charge in [-0.1, -0.05) is 45.2 Å². The first-order chi connectivity index (χ1) is 16.4. The van der Waals surface area contributed by atoms with Crippen LogP contribution < -0.4 is 14.4 Å². The molecule has 3 rings (SSSR count). The molecule has 0 bridgehead atoms. The molecule has 1 unspecified atom stereocenters. The van der Waals surface area contributed by atoms with E-state index in [1.165, 1.54) is 11.4 Å². The Bertz CT molecular complexity index is 1330. The number of benzene rings is 3. The molecule has 0 aliphatic rings. The van der Waals surface area contributed by atoms with Crippen LogP contribution in [0.5, 0.6) is 5.75 Å². The Labute approximate surface area is 224 Å². The van der Waals surface area contributed by atoms with Crippen molar-refractivity contribution in [2.75, 3.05) is 11.4 Å². The lowest BCUT2D eigenvalue weighted by atomic mass is 10.1. The number of hydrogen-bond acceptors (Lipinski definition) is 4. The van der Waals surface area contributed by atoms with Gasteiger partial charge in [-0.3, -0.25) is 9.10 Å². The normalized spacial score (nSPS) is 12.2. The topological polar surface area (TPSA) is 75.7 Å². The fourth-order valence-corrected chi connectivity index (χ4v) is 5.85. The predicted octanol–water partition coefficient (Wildman–Crippen LogP) is 6.28. The average Bonchev–Trinajstić information content (AvgIpc) is 2.79. The van der Waals surface area contributed by atoms with Crippen molar-refractivity contribution in [1.82, 2.24) is 5.32 Å². The highest BCUT2D eigenvalue weighted by Crippen LogP contribution is 2.29. The number of ether oxygens (including phenoxy) is 1. The van der Waals surface area contributed by atoms with Crippen LogP contribution in [0.1, 0.15) is 23.6 Å². The number of amides is 1. The van der Waals surface area contributed by atoms with Crippen LogP contribution in [0.4, 0.5) is 5.69 Å². The number of halogens is 3. The minimum atomic E-state index is -3.72. The number of carbonyl (C=O) groups excluding carboxylic acids is 1. The number of carbonyl (C=O) groups is 1. The summed E-state index contributed by atoms with van der Waals surface area (Å²) in [7, 11) is -2.23. The number of aryl methyl sites for hydroxylation is 2. The van der Waals surface area contributed by atoms with Gasteiger partial charge in [-0.05, 0) is 80.4 Å². The molecule has 6 nitrogen and oxygen atoms in total. The van der Waals surface area contributed by atoms with Crippen LogP contribution in [-0.2, 0) is 21.4 Å². The lowest BCUT2D eigenvalue weighted by molar-refractivity contribution is -0.127. The summed E-state index contributed by atoms with van der Waals surface area (Å²) in [6.45, 7) is 5.57. The number of nitrogens with zero attached hydrogens (tertiary/aromatic N) is 1. The Morgan fingerprint density at radius 2 is 1.63 bits per heavy atom. The van der Waals surface area contributed by atoms with Gasteiger partial charge >= 0.3 is 0 Å². The fraction of sp³-hybridized carbons (Fsp3) is 0.240. The van der Waals surface area contributed by atoms with Crippen LogP contribution in [0.3, 0.4) is 0 Å². The zero-order valence-corrected chi connectivity index (χ0v) is 23.5. The number of hydrogen-bond donors (Lipinski definition) is 1. The summed E-state index contributed by atoms with van der Waals surface area (Å²) in [4.78, 5) is 12.7. The molecule has 1 atom stereocenters. The van der Waals surface area contributed by atoms with Crippen LogP contribution in [0.2, 0.25) is 10.0 Å². The van der Waals surface area contributed by atoms with Crippen molar-refractivity contribution in [2.24, 2.45) is 0 Å². The van der Waals surface area contributed by atoms with Crippen molar-refractivity contribution in [2.45, 2.75) is 38.3 Å². The van der Waals surface area contributed by atoms with Crippen molar-refractivity contribution >= 4 is 60.7 Å². The highest BCUT2D eigenvalue weighted by molar-refractivity contribution is 9.10. The summed E-state index contributed by atoms with van der Waals surface area (Å²) in [6, 6.07) is 14.9. The second kappa shape index (κ2) is 11.2. The van der Waals surface area contributed by atoms with E-state index >= 15 is 0 Å². The van der Waals surface area contributed by atoms with Crippen molar-refractivity contribution in [3.63, 3.8) is 0 Å². The third-order valence-electron chi connectivity index (χ3n) is 5.56. The molecular formula is C25H25BrCl2N2O4S. The summed E-state index contributed by atoms with van der Waals surface area (Å²) in [5.41, 5.74) is 3.00. The molecule has 0 heterocycles. The number of anilines is 1. The summed E-state index contributed by atoms with van der Waals surface area (Å²) < 4.78 is 33.7. The van der Waals surface area contributed by atoms with E-state index in [1.54, 1.807) is 61.5 Å². The first kappa shape index (κ1) is 27.3. The lowest BCUT2D eigenvalue weighted by Gasteiger charge is -2.21. The standard InChI is InChI=1S/C25H25BrCl2N2O4S/c1-15-5-10-21(11-16(15)2)35(32,33)30(4)19-6-8-20(9-7-19)34-17(3)25(31)29-14-22-23(27)12-18(26)13-24(22)28/h5-13,17H,14H2,1-4H3,(H,29,31). The monoisotopic (exact) mass is 598 g/mol. The van der Waals surface area contributed by atoms with Gasteiger partial charge in [0, 0.05) is 33.7 Å². The van der Waals surface area contributed by atoms with Crippen LogP contribution >= 0.6 is 39.1 Å². The van der Waals surface area contributed by atoms with Crippen molar-refractivity contribution in [3.8, 4) is 5.75 Å². The molecule has 0 fully saturated rings. The summed E-state index contributed by atoms with van der Waals surface area (Å²) >= 11 is 15.7. The van der Waals surface area contributed by atoms with Crippen molar-refractivity contribution < 1.29 is 17.9 Å². The van der Waals surface area contributed by atoms with Gasteiger partial charge in [0.1, 0.15) is 5.75 Å². The van der Waals surface area contributed by atoms with Gasteiger partial charge in [-0.2, -0.15) is 0 Å². The molecular weight excluding hydrogens is 575 g/mol. The molecule has 0 saturated heterocycles. The van der Waals surface area contributed by atoms with Crippen LogP contribution in [-0.4, -0.2) is 27.5 Å². The Hall–Kier alpha value is -2.26. The molecule has 1 amide bonds. The maximum absolute atomic E-state index is 13.0. The molecule has 3 aromatic rings. The van der Waals surface area contributed by atoms with Gasteiger partial charge < -0.3 is 10.1 Å².